The molecule has 2 aromatic carbocycles. The molecule has 1 unspecified atom stereocenters. The maximum Gasteiger partial charge on any atom is 0.0442 e. The molecule has 2 nitrogen and oxygen atoms in total. The SMILES string of the molecule is CCCCC(Br)Cc1cccc2c1C(CCO)(CCO)c1cc(Br)ccc1-2. The average Bonchev–Trinajstić information content (AvgIpc) is 2.91. The Morgan fingerprint density at radius 1 is 1.04 bits per heavy atom. The molecule has 0 saturated carbocycles. The molecule has 4 heteroatoms. The van der Waals surface area contributed by atoms with Crippen LogP contribution in [0.4, 0.5) is 0 Å². The van der Waals surface area contributed by atoms with Crippen LogP contribution in [0.15, 0.2) is 40.9 Å². The van der Waals surface area contributed by atoms with Crippen LogP contribution in [0.5, 0.6) is 0 Å². The topological polar surface area (TPSA) is 40.5 Å². The van der Waals surface area contributed by atoms with Gasteiger partial charge in [-0.2, -0.15) is 0 Å². The van der Waals surface area contributed by atoms with Crippen LogP contribution in [-0.2, 0) is 11.8 Å². The van der Waals surface area contributed by atoms with Crippen LogP contribution in [0.25, 0.3) is 11.1 Å². The number of aliphatic hydroxyl groups excluding tert-OH is 2. The lowest BCUT2D eigenvalue weighted by Crippen LogP contribution is -2.30. The molecule has 2 N–H and O–H groups in total. The Hall–Kier alpha value is -0.680. The first-order valence-electron chi connectivity index (χ1n) is 9.86. The Morgan fingerprint density at radius 3 is 2.44 bits per heavy atom. The van der Waals surface area contributed by atoms with Crippen molar-refractivity contribution in [2.75, 3.05) is 13.2 Å². The highest BCUT2D eigenvalue weighted by molar-refractivity contribution is 9.10. The fourth-order valence-electron chi connectivity index (χ4n) is 4.63. The van der Waals surface area contributed by atoms with E-state index in [1.54, 1.807) is 0 Å². The van der Waals surface area contributed by atoms with Gasteiger partial charge in [-0.3, -0.25) is 0 Å². The molecule has 0 spiro atoms. The van der Waals surface area contributed by atoms with E-state index in [1.165, 1.54) is 40.7 Å². The summed E-state index contributed by atoms with van der Waals surface area (Å²) in [5.74, 6) is 0. The zero-order chi connectivity index (χ0) is 19.4. The van der Waals surface area contributed by atoms with Crippen LogP contribution in [0.3, 0.4) is 0 Å². The Morgan fingerprint density at radius 2 is 1.78 bits per heavy atom. The normalized spacial score (nSPS) is 15.4. The molecule has 0 aliphatic heterocycles. The van der Waals surface area contributed by atoms with Gasteiger partial charge in [0.25, 0.3) is 0 Å². The van der Waals surface area contributed by atoms with Crippen molar-refractivity contribution in [3.8, 4) is 11.1 Å². The zero-order valence-corrected chi connectivity index (χ0v) is 19.0. The number of rotatable bonds is 9. The number of benzene rings is 2. The summed E-state index contributed by atoms with van der Waals surface area (Å²) in [7, 11) is 0. The highest BCUT2D eigenvalue weighted by atomic mass is 79.9. The molecular formula is C23H28Br2O2. The second-order valence-corrected chi connectivity index (χ2v) is 9.71. The van der Waals surface area contributed by atoms with E-state index in [0.29, 0.717) is 17.7 Å². The van der Waals surface area contributed by atoms with Crippen molar-refractivity contribution < 1.29 is 10.2 Å². The van der Waals surface area contributed by atoms with Crippen molar-refractivity contribution in [2.45, 2.75) is 55.7 Å². The molecule has 146 valence electrons. The van der Waals surface area contributed by atoms with Gasteiger partial charge in [0.05, 0.1) is 0 Å². The van der Waals surface area contributed by atoms with E-state index < -0.39 is 0 Å². The van der Waals surface area contributed by atoms with Gasteiger partial charge in [0.2, 0.25) is 0 Å². The molecule has 0 amide bonds. The number of unbranched alkanes of at least 4 members (excludes halogenated alkanes) is 1. The molecule has 0 saturated heterocycles. The van der Waals surface area contributed by atoms with Crippen LogP contribution in [0.2, 0.25) is 0 Å². The Labute approximate surface area is 179 Å². The lowest BCUT2D eigenvalue weighted by molar-refractivity contribution is 0.212. The molecule has 0 aromatic heterocycles. The largest absolute Gasteiger partial charge is 0.396 e. The summed E-state index contributed by atoms with van der Waals surface area (Å²) in [4.78, 5) is 0.445. The van der Waals surface area contributed by atoms with Crippen LogP contribution in [0.1, 0.15) is 55.7 Å². The number of hydrogen-bond acceptors (Lipinski definition) is 2. The first-order valence-corrected chi connectivity index (χ1v) is 11.6. The fraction of sp³-hybridized carbons (Fsp3) is 0.478. The van der Waals surface area contributed by atoms with Gasteiger partial charge >= 0.3 is 0 Å². The van der Waals surface area contributed by atoms with Crippen molar-refractivity contribution in [2.24, 2.45) is 0 Å². The third-order valence-electron chi connectivity index (χ3n) is 5.81. The van der Waals surface area contributed by atoms with Crippen LogP contribution in [-0.4, -0.2) is 28.3 Å². The minimum absolute atomic E-state index is 0.104. The molecular weight excluding hydrogens is 468 g/mol. The van der Waals surface area contributed by atoms with Gasteiger partial charge in [0, 0.05) is 27.9 Å². The third-order valence-corrected chi connectivity index (χ3v) is 7.08. The summed E-state index contributed by atoms with van der Waals surface area (Å²) in [5, 5.41) is 19.9. The van der Waals surface area contributed by atoms with E-state index in [4.69, 9.17) is 0 Å². The molecule has 1 aliphatic carbocycles. The first-order chi connectivity index (χ1) is 13.1. The number of aliphatic hydroxyl groups is 2. The fourth-order valence-corrected chi connectivity index (χ4v) is 5.67. The van der Waals surface area contributed by atoms with Gasteiger partial charge in [-0.05, 0) is 65.6 Å². The van der Waals surface area contributed by atoms with Crippen molar-refractivity contribution in [3.63, 3.8) is 0 Å². The van der Waals surface area contributed by atoms with Crippen molar-refractivity contribution >= 4 is 31.9 Å². The van der Waals surface area contributed by atoms with E-state index in [2.05, 4.69) is 75.2 Å². The second kappa shape index (κ2) is 9.21. The highest BCUT2D eigenvalue weighted by Crippen LogP contribution is 2.54. The predicted molar refractivity (Wildman–Crippen MR) is 120 cm³/mol. The lowest BCUT2D eigenvalue weighted by Gasteiger charge is -2.33. The van der Waals surface area contributed by atoms with Crippen LogP contribution in [0, 0.1) is 0 Å². The monoisotopic (exact) mass is 494 g/mol. The number of fused-ring (bicyclic) bond motifs is 3. The summed E-state index contributed by atoms with van der Waals surface area (Å²) in [6.07, 6.45) is 5.80. The molecule has 27 heavy (non-hydrogen) atoms. The maximum absolute atomic E-state index is 9.93. The van der Waals surface area contributed by atoms with Crippen LogP contribution < -0.4 is 0 Å². The maximum atomic E-state index is 9.93. The number of hydrogen-bond donors (Lipinski definition) is 2. The Bertz CT molecular complexity index is 782. The predicted octanol–water partition coefficient (Wildman–Crippen LogP) is 5.98. The number of alkyl halides is 1. The van der Waals surface area contributed by atoms with E-state index in [0.717, 1.165) is 17.3 Å². The minimum atomic E-state index is -0.327. The van der Waals surface area contributed by atoms with E-state index >= 15 is 0 Å². The smallest absolute Gasteiger partial charge is 0.0442 e. The van der Waals surface area contributed by atoms with Crippen molar-refractivity contribution in [1.82, 2.24) is 0 Å². The molecule has 1 aliphatic rings. The number of halogens is 2. The summed E-state index contributed by atoms with van der Waals surface area (Å²) in [5.41, 5.74) is 6.03. The Balaban J connectivity index is 2.14. The summed E-state index contributed by atoms with van der Waals surface area (Å²) in [6, 6.07) is 13.0. The molecule has 1 atom stereocenters. The van der Waals surface area contributed by atoms with E-state index in [1.807, 2.05) is 0 Å². The summed E-state index contributed by atoms with van der Waals surface area (Å²) in [6.45, 7) is 2.43. The van der Waals surface area contributed by atoms with Gasteiger partial charge in [0.15, 0.2) is 0 Å². The van der Waals surface area contributed by atoms with Gasteiger partial charge in [-0.25, -0.2) is 0 Å². The van der Waals surface area contributed by atoms with E-state index in [-0.39, 0.29) is 18.6 Å². The average molecular weight is 496 g/mol. The van der Waals surface area contributed by atoms with Crippen molar-refractivity contribution in [1.29, 1.82) is 0 Å². The van der Waals surface area contributed by atoms with Gasteiger partial charge in [-0.15, -0.1) is 0 Å². The van der Waals surface area contributed by atoms with Gasteiger partial charge < -0.3 is 10.2 Å². The van der Waals surface area contributed by atoms with E-state index in [9.17, 15) is 10.2 Å². The Kier molecular flexibility index (Phi) is 7.18. The van der Waals surface area contributed by atoms with Gasteiger partial charge in [-0.1, -0.05) is 75.9 Å². The van der Waals surface area contributed by atoms with Crippen LogP contribution >= 0.6 is 31.9 Å². The summed E-state index contributed by atoms with van der Waals surface area (Å²) >= 11 is 7.50. The summed E-state index contributed by atoms with van der Waals surface area (Å²) < 4.78 is 1.04. The molecule has 0 radical (unpaired) electrons. The molecule has 0 heterocycles. The molecule has 3 rings (SSSR count). The zero-order valence-electron chi connectivity index (χ0n) is 15.8. The minimum Gasteiger partial charge on any atom is -0.396 e. The standard InChI is InChI=1S/C23H28Br2O2/c1-2-3-6-17(24)14-16-5-4-7-20-19-9-8-18(25)15-21(19)23(10-12-26,11-13-27)22(16)20/h4-5,7-9,15,17,26-27H,2-3,6,10-14H2,1H3. The lowest BCUT2D eigenvalue weighted by atomic mass is 9.71. The van der Waals surface area contributed by atoms with Crippen molar-refractivity contribution in [3.05, 3.63) is 57.6 Å². The third kappa shape index (κ3) is 4.05. The quantitative estimate of drug-likeness (QED) is 0.420. The molecule has 0 fully saturated rings. The highest BCUT2D eigenvalue weighted by Gasteiger charge is 2.43. The van der Waals surface area contributed by atoms with Gasteiger partial charge in [0.1, 0.15) is 0 Å². The second-order valence-electron chi connectivity index (χ2n) is 7.50. The molecule has 2 aromatic rings. The first kappa shape index (κ1) is 21.0. The molecule has 0 bridgehead atoms.